The molecule has 0 unspecified atom stereocenters. The van der Waals surface area contributed by atoms with E-state index in [-0.39, 0.29) is 0 Å². The highest BCUT2D eigenvalue weighted by Gasteiger charge is 2.19. The molecule has 2 heteroatoms. The van der Waals surface area contributed by atoms with Crippen molar-refractivity contribution >= 4 is 28.3 Å². The van der Waals surface area contributed by atoms with Crippen molar-refractivity contribution in [1.29, 1.82) is 0 Å². The Morgan fingerprint density at radius 1 is 1.23 bits per heavy atom. The van der Waals surface area contributed by atoms with E-state index in [1.807, 2.05) is 0 Å². The maximum Gasteiger partial charge on any atom is 0.0340 e. The molecule has 1 aliphatic rings. The minimum atomic E-state index is 1.02. The monoisotopic (exact) mass is 287 g/mol. The average molecular weight is 287 g/mol. The predicted octanol–water partition coefficient (Wildman–Crippen LogP) is 3.50. The fourth-order valence-corrected chi connectivity index (χ4v) is 1.75. The van der Waals surface area contributed by atoms with E-state index in [0.29, 0.717) is 0 Å². The molecular formula is C11H14IN. The average Bonchev–Trinajstić information content (AvgIpc) is 2.92. The van der Waals surface area contributed by atoms with Crippen LogP contribution in [0.25, 0.3) is 0 Å². The van der Waals surface area contributed by atoms with Gasteiger partial charge in [0.15, 0.2) is 0 Å². The van der Waals surface area contributed by atoms with Gasteiger partial charge in [0.2, 0.25) is 0 Å². The maximum absolute atomic E-state index is 3.44. The van der Waals surface area contributed by atoms with Gasteiger partial charge >= 0.3 is 0 Å². The lowest BCUT2D eigenvalue weighted by molar-refractivity contribution is 0.760. The second-order valence-electron chi connectivity index (χ2n) is 3.67. The molecule has 0 saturated heterocycles. The Bertz CT molecular complexity index is 264. The highest BCUT2D eigenvalue weighted by atomic mass is 127. The van der Waals surface area contributed by atoms with Crippen LogP contribution in [0.2, 0.25) is 0 Å². The van der Waals surface area contributed by atoms with Crippen LogP contribution in [0.5, 0.6) is 0 Å². The van der Waals surface area contributed by atoms with E-state index in [0.717, 1.165) is 12.5 Å². The molecule has 0 aliphatic heterocycles. The van der Waals surface area contributed by atoms with Crippen LogP contribution in [-0.4, -0.2) is 6.54 Å². The van der Waals surface area contributed by atoms with Gasteiger partial charge in [0.1, 0.15) is 0 Å². The van der Waals surface area contributed by atoms with Crippen molar-refractivity contribution in [2.75, 3.05) is 11.9 Å². The molecule has 1 aliphatic carbocycles. The second kappa shape index (κ2) is 4.31. The van der Waals surface area contributed by atoms with Crippen molar-refractivity contribution in [3.05, 3.63) is 27.8 Å². The summed E-state index contributed by atoms with van der Waals surface area (Å²) in [7, 11) is 0. The number of anilines is 1. The van der Waals surface area contributed by atoms with Gasteiger partial charge in [0.05, 0.1) is 0 Å². The minimum absolute atomic E-state index is 1.02. The molecule has 1 nitrogen and oxygen atoms in total. The number of hydrogen-bond donors (Lipinski definition) is 1. The molecular weight excluding hydrogens is 273 g/mol. The summed E-state index contributed by atoms with van der Waals surface area (Å²) < 4.78 is 1.30. The molecule has 0 bridgehead atoms. The van der Waals surface area contributed by atoms with Gasteiger partial charge in [-0.15, -0.1) is 0 Å². The normalized spacial score (nSPS) is 15.8. The Balaban J connectivity index is 1.76. The number of nitrogens with one attached hydrogen (secondary N) is 1. The summed E-state index contributed by atoms with van der Waals surface area (Å²) in [5, 5.41) is 3.44. The van der Waals surface area contributed by atoms with Gasteiger partial charge in [-0.25, -0.2) is 0 Å². The van der Waals surface area contributed by atoms with Gasteiger partial charge in [0, 0.05) is 15.8 Å². The number of benzene rings is 1. The van der Waals surface area contributed by atoms with Crippen molar-refractivity contribution in [2.24, 2.45) is 5.92 Å². The Morgan fingerprint density at radius 2 is 1.92 bits per heavy atom. The number of halogens is 1. The Hall–Kier alpha value is -0.250. The van der Waals surface area contributed by atoms with E-state index in [2.05, 4.69) is 52.2 Å². The third kappa shape index (κ3) is 3.18. The fraction of sp³-hybridized carbons (Fsp3) is 0.455. The van der Waals surface area contributed by atoms with E-state index in [9.17, 15) is 0 Å². The van der Waals surface area contributed by atoms with E-state index in [4.69, 9.17) is 0 Å². The van der Waals surface area contributed by atoms with Crippen LogP contribution >= 0.6 is 22.6 Å². The molecule has 0 aromatic heterocycles. The van der Waals surface area contributed by atoms with E-state index < -0.39 is 0 Å². The van der Waals surface area contributed by atoms with Gasteiger partial charge in [0.25, 0.3) is 0 Å². The van der Waals surface area contributed by atoms with E-state index in [1.54, 1.807) is 0 Å². The van der Waals surface area contributed by atoms with Crippen LogP contribution in [-0.2, 0) is 0 Å². The molecule has 0 radical (unpaired) electrons. The molecule has 0 spiro atoms. The van der Waals surface area contributed by atoms with Crippen LogP contribution in [0.15, 0.2) is 24.3 Å². The van der Waals surface area contributed by atoms with Gasteiger partial charge in [-0.3, -0.25) is 0 Å². The second-order valence-corrected chi connectivity index (χ2v) is 4.91. The first-order valence-electron chi connectivity index (χ1n) is 4.84. The molecule has 0 amide bonds. The third-order valence-corrected chi connectivity index (χ3v) is 3.14. The van der Waals surface area contributed by atoms with Gasteiger partial charge in [-0.05, 0) is 59.2 Å². The zero-order valence-corrected chi connectivity index (χ0v) is 9.75. The first-order valence-corrected chi connectivity index (χ1v) is 5.92. The fourth-order valence-electron chi connectivity index (χ4n) is 1.39. The summed E-state index contributed by atoms with van der Waals surface area (Å²) in [5.74, 6) is 1.02. The van der Waals surface area contributed by atoms with Crippen molar-refractivity contribution < 1.29 is 0 Å². The Labute approximate surface area is 93.1 Å². The molecule has 0 heterocycles. The van der Waals surface area contributed by atoms with Crippen LogP contribution in [0, 0.1) is 9.49 Å². The lowest BCUT2D eigenvalue weighted by Gasteiger charge is -2.04. The number of rotatable bonds is 4. The first kappa shape index (κ1) is 9.31. The Morgan fingerprint density at radius 3 is 2.54 bits per heavy atom. The third-order valence-electron chi connectivity index (χ3n) is 2.42. The minimum Gasteiger partial charge on any atom is -0.385 e. The largest absolute Gasteiger partial charge is 0.385 e. The molecule has 1 fully saturated rings. The topological polar surface area (TPSA) is 12.0 Å². The number of hydrogen-bond acceptors (Lipinski definition) is 1. The Kier molecular flexibility index (Phi) is 3.09. The highest BCUT2D eigenvalue weighted by molar-refractivity contribution is 14.1. The standard InChI is InChI=1S/C11H14IN/c12-10-3-5-11(6-4-10)13-8-7-9-1-2-9/h3-6,9,13H,1-2,7-8H2. The maximum atomic E-state index is 3.44. The van der Waals surface area contributed by atoms with Gasteiger partial charge in [-0.2, -0.15) is 0 Å². The van der Waals surface area contributed by atoms with Crippen molar-refractivity contribution in [3.63, 3.8) is 0 Å². The van der Waals surface area contributed by atoms with Crippen molar-refractivity contribution in [1.82, 2.24) is 0 Å². The summed E-state index contributed by atoms with van der Waals surface area (Å²) >= 11 is 2.33. The van der Waals surface area contributed by atoms with Crippen molar-refractivity contribution in [2.45, 2.75) is 19.3 Å². The molecule has 70 valence electrons. The summed E-state index contributed by atoms with van der Waals surface area (Å²) in [4.78, 5) is 0. The molecule has 13 heavy (non-hydrogen) atoms. The van der Waals surface area contributed by atoms with E-state index >= 15 is 0 Å². The zero-order valence-electron chi connectivity index (χ0n) is 7.59. The summed E-state index contributed by atoms with van der Waals surface area (Å²) in [6.45, 7) is 1.13. The first-order chi connectivity index (χ1) is 6.34. The van der Waals surface area contributed by atoms with Crippen molar-refractivity contribution in [3.8, 4) is 0 Å². The lowest BCUT2D eigenvalue weighted by Crippen LogP contribution is -2.01. The summed E-state index contributed by atoms with van der Waals surface area (Å²) in [5.41, 5.74) is 1.25. The summed E-state index contributed by atoms with van der Waals surface area (Å²) in [6, 6.07) is 8.57. The SMILES string of the molecule is Ic1ccc(NCCC2CC2)cc1. The zero-order chi connectivity index (χ0) is 9.10. The van der Waals surface area contributed by atoms with E-state index in [1.165, 1.54) is 28.5 Å². The van der Waals surface area contributed by atoms with Gasteiger partial charge in [-0.1, -0.05) is 12.8 Å². The predicted molar refractivity (Wildman–Crippen MR) is 65.0 cm³/mol. The smallest absolute Gasteiger partial charge is 0.0340 e. The molecule has 0 atom stereocenters. The molecule has 1 saturated carbocycles. The highest BCUT2D eigenvalue weighted by Crippen LogP contribution is 2.32. The lowest BCUT2D eigenvalue weighted by atomic mass is 10.2. The quantitative estimate of drug-likeness (QED) is 0.836. The molecule has 2 rings (SSSR count). The van der Waals surface area contributed by atoms with Crippen LogP contribution in [0.4, 0.5) is 5.69 Å². The van der Waals surface area contributed by atoms with Crippen LogP contribution in [0.3, 0.4) is 0 Å². The van der Waals surface area contributed by atoms with Crippen LogP contribution in [0.1, 0.15) is 19.3 Å². The molecule has 1 N–H and O–H groups in total. The molecule has 1 aromatic carbocycles. The van der Waals surface area contributed by atoms with Crippen LogP contribution < -0.4 is 5.32 Å². The summed E-state index contributed by atoms with van der Waals surface area (Å²) in [6.07, 6.45) is 4.24. The van der Waals surface area contributed by atoms with Gasteiger partial charge < -0.3 is 5.32 Å². The molecule has 1 aromatic rings.